The number of hydrogen-bond acceptors (Lipinski definition) is 4. The van der Waals surface area contributed by atoms with Gasteiger partial charge in [0.25, 0.3) is 0 Å². The quantitative estimate of drug-likeness (QED) is 0.495. The third-order valence-electron chi connectivity index (χ3n) is 2.94. The molecule has 0 aliphatic carbocycles. The maximum absolute atomic E-state index is 12.2. The highest BCUT2D eigenvalue weighted by atomic mass is 35.5. The van der Waals surface area contributed by atoms with Gasteiger partial charge in [-0.1, -0.05) is 53.5 Å². The number of nitrogens with one attached hydrogen (secondary N) is 1. The van der Waals surface area contributed by atoms with E-state index in [1.165, 1.54) is 13.2 Å². The van der Waals surface area contributed by atoms with Gasteiger partial charge < -0.3 is 10.1 Å². The van der Waals surface area contributed by atoms with Crippen LogP contribution in [0.3, 0.4) is 0 Å². The molecule has 0 saturated carbocycles. The fourth-order valence-corrected chi connectivity index (χ4v) is 2.10. The first-order valence-corrected chi connectivity index (χ1v) is 7.38. The molecule has 2 aromatic rings. The highest BCUT2D eigenvalue weighted by Gasteiger charge is 2.14. The molecule has 0 amide bonds. The Kier molecular flexibility index (Phi) is 5.79. The van der Waals surface area contributed by atoms with E-state index in [1.807, 2.05) is 0 Å². The number of ether oxygens (including phenoxy) is 1. The van der Waals surface area contributed by atoms with E-state index in [1.54, 1.807) is 48.5 Å². The molecule has 0 aliphatic heterocycles. The lowest BCUT2D eigenvalue weighted by Gasteiger charge is -2.10. The molecular formula is C17H13Cl2NO3. The minimum Gasteiger partial charge on any atom is -0.464 e. The average molecular weight is 350 g/mol. The Labute approximate surface area is 143 Å². The van der Waals surface area contributed by atoms with Gasteiger partial charge in [-0.2, -0.15) is 0 Å². The first-order chi connectivity index (χ1) is 11.0. The average Bonchev–Trinajstić information content (AvgIpc) is 2.57. The Morgan fingerprint density at radius 3 is 2.35 bits per heavy atom. The van der Waals surface area contributed by atoms with Gasteiger partial charge in [0.1, 0.15) is 5.70 Å². The predicted molar refractivity (Wildman–Crippen MR) is 91.0 cm³/mol. The van der Waals surface area contributed by atoms with Crippen LogP contribution in [0.2, 0.25) is 10.0 Å². The Hall–Kier alpha value is -2.30. The molecule has 2 rings (SSSR count). The summed E-state index contributed by atoms with van der Waals surface area (Å²) in [5.41, 5.74) is 0.974. The van der Waals surface area contributed by atoms with Gasteiger partial charge in [0.05, 0.1) is 17.2 Å². The van der Waals surface area contributed by atoms with E-state index in [4.69, 9.17) is 27.9 Å². The number of rotatable bonds is 5. The van der Waals surface area contributed by atoms with Gasteiger partial charge in [0, 0.05) is 17.3 Å². The van der Waals surface area contributed by atoms with Gasteiger partial charge in [-0.25, -0.2) is 4.79 Å². The summed E-state index contributed by atoms with van der Waals surface area (Å²) in [6.07, 6.45) is 1.18. The van der Waals surface area contributed by atoms with Crippen molar-refractivity contribution < 1.29 is 14.3 Å². The van der Waals surface area contributed by atoms with Crippen LogP contribution in [0.15, 0.2) is 60.3 Å². The second-order valence-electron chi connectivity index (χ2n) is 4.53. The first-order valence-electron chi connectivity index (χ1n) is 6.62. The zero-order chi connectivity index (χ0) is 16.8. The number of anilines is 1. The lowest BCUT2D eigenvalue weighted by molar-refractivity contribution is -0.135. The Balaban J connectivity index is 2.30. The third kappa shape index (κ3) is 4.58. The van der Waals surface area contributed by atoms with Gasteiger partial charge in [0.2, 0.25) is 0 Å². The summed E-state index contributed by atoms with van der Waals surface area (Å²) >= 11 is 11.8. The van der Waals surface area contributed by atoms with Crippen molar-refractivity contribution in [2.45, 2.75) is 0 Å². The number of carbonyl (C=O) groups is 2. The molecule has 23 heavy (non-hydrogen) atoms. The maximum atomic E-state index is 12.2. The summed E-state index contributed by atoms with van der Waals surface area (Å²) in [4.78, 5) is 24.1. The van der Waals surface area contributed by atoms with Crippen LogP contribution in [0.4, 0.5) is 5.69 Å². The van der Waals surface area contributed by atoms with Gasteiger partial charge in [-0.15, -0.1) is 0 Å². The zero-order valence-corrected chi connectivity index (χ0v) is 13.7. The summed E-state index contributed by atoms with van der Waals surface area (Å²) in [7, 11) is 1.24. The molecule has 0 fully saturated rings. The van der Waals surface area contributed by atoms with Crippen molar-refractivity contribution in [2.75, 3.05) is 12.4 Å². The number of hydrogen-bond donors (Lipinski definition) is 1. The molecule has 0 saturated heterocycles. The van der Waals surface area contributed by atoms with Gasteiger partial charge >= 0.3 is 5.97 Å². The molecular weight excluding hydrogens is 337 g/mol. The van der Waals surface area contributed by atoms with Crippen LogP contribution in [0.5, 0.6) is 0 Å². The molecule has 0 atom stereocenters. The zero-order valence-electron chi connectivity index (χ0n) is 12.2. The maximum Gasteiger partial charge on any atom is 0.354 e. The van der Waals surface area contributed by atoms with E-state index >= 15 is 0 Å². The molecule has 118 valence electrons. The molecule has 0 aromatic heterocycles. The molecule has 2 aromatic carbocycles. The normalized spacial score (nSPS) is 11.0. The molecule has 6 heteroatoms. The summed E-state index contributed by atoms with van der Waals surface area (Å²) < 4.78 is 4.69. The summed E-state index contributed by atoms with van der Waals surface area (Å²) in [5.74, 6) is -0.987. The van der Waals surface area contributed by atoms with Crippen molar-refractivity contribution in [3.63, 3.8) is 0 Å². The molecule has 0 radical (unpaired) electrons. The highest BCUT2D eigenvalue weighted by Crippen LogP contribution is 2.25. The number of benzene rings is 2. The van der Waals surface area contributed by atoms with Crippen LogP contribution in [0, 0.1) is 0 Å². The minimum atomic E-state index is -0.666. The fourth-order valence-electron chi connectivity index (χ4n) is 1.80. The summed E-state index contributed by atoms with van der Waals surface area (Å²) in [5, 5.41) is 3.54. The van der Waals surface area contributed by atoms with Crippen LogP contribution >= 0.6 is 23.2 Å². The van der Waals surface area contributed by atoms with Crippen molar-refractivity contribution in [3.05, 3.63) is 75.9 Å². The molecule has 0 aliphatic rings. The Morgan fingerprint density at radius 1 is 1.04 bits per heavy atom. The van der Waals surface area contributed by atoms with Crippen molar-refractivity contribution in [1.29, 1.82) is 0 Å². The summed E-state index contributed by atoms with van der Waals surface area (Å²) in [6.45, 7) is 0. The van der Waals surface area contributed by atoms with Crippen LogP contribution < -0.4 is 5.32 Å². The first kappa shape index (κ1) is 17.1. The predicted octanol–water partition coefficient (Wildman–Crippen LogP) is 4.35. The van der Waals surface area contributed by atoms with E-state index in [0.29, 0.717) is 21.3 Å². The number of carbonyl (C=O) groups excluding carboxylic acids is 2. The molecule has 0 spiro atoms. The number of esters is 1. The van der Waals surface area contributed by atoms with Crippen molar-refractivity contribution in [3.8, 4) is 0 Å². The molecule has 0 unspecified atom stereocenters. The second kappa shape index (κ2) is 7.81. The summed E-state index contributed by atoms with van der Waals surface area (Å²) in [6, 6.07) is 13.4. The van der Waals surface area contributed by atoms with Crippen molar-refractivity contribution in [1.82, 2.24) is 0 Å². The van der Waals surface area contributed by atoms with E-state index in [-0.39, 0.29) is 11.5 Å². The highest BCUT2D eigenvalue weighted by molar-refractivity contribution is 6.42. The van der Waals surface area contributed by atoms with E-state index < -0.39 is 5.97 Å². The lowest BCUT2D eigenvalue weighted by atomic mass is 10.1. The lowest BCUT2D eigenvalue weighted by Crippen LogP contribution is -2.15. The van der Waals surface area contributed by atoms with Crippen molar-refractivity contribution in [2.24, 2.45) is 0 Å². The van der Waals surface area contributed by atoms with Crippen molar-refractivity contribution >= 4 is 40.6 Å². The van der Waals surface area contributed by atoms with Crippen LogP contribution in [0.1, 0.15) is 10.4 Å². The number of halogens is 2. The topological polar surface area (TPSA) is 55.4 Å². The molecule has 4 nitrogen and oxygen atoms in total. The fraction of sp³-hybridized carbons (Fsp3) is 0.0588. The molecule has 0 bridgehead atoms. The van der Waals surface area contributed by atoms with E-state index in [2.05, 4.69) is 5.32 Å². The van der Waals surface area contributed by atoms with Crippen LogP contribution in [-0.4, -0.2) is 18.9 Å². The minimum absolute atomic E-state index is 0.000239. The SMILES string of the molecule is COC(=O)/C(=C/C(=O)c1ccccc1)Nc1ccc(Cl)c(Cl)c1. The number of ketones is 1. The molecule has 1 N–H and O–H groups in total. The van der Waals surface area contributed by atoms with E-state index in [9.17, 15) is 9.59 Å². The number of allylic oxidation sites excluding steroid dienone is 1. The third-order valence-corrected chi connectivity index (χ3v) is 3.68. The number of methoxy groups -OCH3 is 1. The van der Waals surface area contributed by atoms with Crippen LogP contribution in [0.25, 0.3) is 0 Å². The monoisotopic (exact) mass is 349 g/mol. The van der Waals surface area contributed by atoms with Gasteiger partial charge in [-0.05, 0) is 18.2 Å². The van der Waals surface area contributed by atoms with Gasteiger partial charge in [-0.3, -0.25) is 4.79 Å². The smallest absolute Gasteiger partial charge is 0.354 e. The largest absolute Gasteiger partial charge is 0.464 e. The standard InChI is InChI=1S/C17H13Cl2NO3/c1-23-17(22)15(10-16(21)11-5-3-2-4-6-11)20-12-7-8-13(18)14(19)9-12/h2-10,20H,1H3/b15-10-. The molecule has 0 heterocycles. The van der Waals surface area contributed by atoms with Crippen LogP contribution in [-0.2, 0) is 9.53 Å². The van der Waals surface area contributed by atoms with Gasteiger partial charge in [0.15, 0.2) is 5.78 Å². The Bertz CT molecular complexity index is 758. The van der Waals surface area contributed by atoms with E-state index in [0.717, 1.165) is 0 Å². The Morgan fingerprint density at radius 2 is 1.74 bits per heavy atom. The second-order valence-corrected chi connectivity index (χ2v) is 5.35.